The molecule has 0 radical (unpaired) electrons. The molecule has 1 heterocycles. The first-order valence-electron chi connectivity index (χ1n) is 8.07. The zero-order valence-corrected chi connectivity index (χ0v) is 14.5. The van der Waals surface area contributed by atoms with Crippen LogP contribution in [0.5, 0.6) is 0 Å². The summed E-state index contributed by atoms with van der Waals surface area (Å²) in [6.45, 7) is 16.1. The average Bonchev–Trinajstić information content (AvgIpc) is 2.50. The normalized spacial score (nSPS) is 11.0. The number of aromatic nitrogens is 2. The molecule has 0 fully saturated rings. The van der Waals surface area contributed by atoms with Gasteiger partial charge in [-0.15, -0.1) is 0 Å². The summed E-state index contributed by atoms with van der Waals surface area (Å²) in [5.74, 6) is 2.82. The molecule has 1 aromatic heterocycles. The van der Waals surface area contributed by atoms with Crippen LogP contribution in [0.15, 0.2) is 0 Å². The molecule has 21 heavy (non-hydrogen) atoms. The third-order valence-corrected chi connectivity index (χ3v) is 3.95. The second-order valence-corrected chi connectivity index (χ2v) is 5.28. The Bertz CT molecular complexity index is 429. The first kappa shape index (κ1) is 17.7. The topological polar surface area (TPSA) is 44.3 Å². The van der Waals surface area contributed by atoms with E-state index in [-0.39, 0.29) is 0 Å². The van der Waals surface area contributed by atoms with Crippen molar-refractivity contribution in [1.29, 1.82) is 0 Å². The maximum atomic E-state index is 4.65. The van der Waals surface area contributed by atoms with Crippen LogP contribution in [0.1, 0.15) is 38.6 Å². The maximum Gasteiger partial charge on any atom is 0.137 e. The van der Waals surface area contributed by atoms with Crippen molar-refractivity contribution in [3.63, 3.8) is 0 Å². The summed E-state index contributed by atoms with van der Waals surface area (Å²) in [6, 6.07) is 0. The Labute approximate surface area is 129 Å². The first-order valence-corrected chi connectivity index (χ1v) is 8.07. The summed E-state index contributed by atoms with van der Waals surface area (Å²) in [5.41, 5.74) is 1.13. The third-order valence-electron chi connectivity index (χ3n) is 3.95. The van der Waals surface area contributed by atoms with Crippen molar-refractivity contribution in [2.75, 3.05) is 50.0 Å². The fraction of sp³-hybridized carbons (Fsp3) is 0.750. The van der Waals surface area contributed by atoms with Crippen LogP contribution in [-0.2, 0) is 0 Å². The molecule has 1 rings (SSSR count). The molecule has 0 aromatic carbocycles. The van der Waals surface area contributed by atoms with Gasteiger partial charge in [0.2, 0.25) is 0 Å². The summed E-state index contributed by atoms with van der Waals surface area (Å²) in [4.78, 5) is 13.9. The van der Waals surface area contributed by atoms with Crippen LogP contribution in [0, 0.1) is 13.8 Å². The quantitative estimate of drug-likeness (QED) is 0.758. The van der Waals surface area contributed by atoms with Gasteiger partial charge in [0.1, 0.15) is 17.5 Å². The second-order valence-electron chi connectivity index (χ2n) is 5.28. The Morgan fingerprint density at radius 1 is 0.952 bits per heavy atom. The van der Waals surface area contributed by atoms with Crippen LogP contribution in [0.4, 0.5) is 11.6 Å². The molecule has 0 aliphatic carbocycles. The van der Waals surface area contributed by atoms with E-state index in [4.69, 9.17) is 0 Å². The van der Waals surface area contributed by atoms with E-state index in [1.807, 2.05) is 14.0 Å². The molecule has 0 bridgehead atoms. The van der Waals surface area contributed by atoms with Crippen LogP contribution >= 0.6 is 0 Å². The van der Waals surface area contributed by atoms with Crippen LogP contribution in [0.2, 0.25) is 0 Å². The van der Waals surface area contributed by atoms with Gasteiger partial charge in [-0.1, -0.05) is 13.8 Å². The molecule has 1 aromatic rings. The Kier molecular flexibility index (Phi) is 7.43. The van der Waals surface area contributed by atoms with E-state index in [9.17, 15) is 0 Å². The molecule has 1 N–H and O–H groups in total. The number of aryl methyl sites for hydroxylation is 1. The van der Waals surface area contributed by atoms with Gasteiger partial charge in [0, 0.05) is 25.7 Å². The van der Waals surface area contributed by atoms with E-state index in [2.05, 4.69) is 52.8 Å². The van der Waals surface area contributed by atoms with Crippen LogP contribution in [0.3, 0.4) is 0 Å². The van der Waals surface area contributed by atoms with E-state index >= 15 is 0 Å². The van der Waals surface area contributed by atoms with Crippen molar-refractivity contribution in [1.82, 2.24) is 14.9 Å². The molecule has 120 valence electrons. The molecule has 0 atom stereocenters. The number of rotatable bonds is 9. The number of nitrogens with one attached hydrogen (secondary N) is 1. The van der Waals surface area contributed by atoms with Crippen molar-refractivity contribution >= 4 is 11.6 Å². The van der Waals surface area contributed by atoms with Crippen LogP contribution < -0.4 is 10.2 Å². The molecule has 0 unspecified atom stereocenters. The van der Waals surface area contributed by atoms with Gasteiger partial charge < -0.3 is 15.1 Å². The van der Waals surface area contributed by atoms with Gasteiger partial charge in [0.15, 0.2) is 0 Å². The molecule has 0 amide bonds. The zero-order valence-electron chi connectivity index (χ0n) is 14.5. The Balaban J connectivity index is 2.78. The van der Waals surface area contributed by atoms with Gasteiger partial charge in [-0.3, -0.25) is 0 Å². The predicted molar refractivity (Wildman–Crippen MR) is 91.3 cm³/mol. The van der Waals surface area contributed by atoms with Gasteiger partial charge >= 0.3 is 0 Å². The predicted octanol–water partition coefficient (Wildman–Crippen LogP) is 2.69. The van der Waals surface area contributed by atoms with Gasteiger partial charge in [-0.2, -0.15) is 0 Å². The average molecular weight is 293 g/mol. The standard InChI is InChI=1S/C16H31N5/c1-7-20(8-2)11-10-12-21(9-3)16-13(4)15(17-6)18-14(5)19-16/h7-12H2,1-6H3,(H,17,18,19). The lowest BCUT2D eigenvalue weighted by atomic mass is 10.2. The Morgan fingerprint density at radius 3 is 2.14 bits per heavy atom. The van der Waals surface area contributed by atoms with E-state index in [1.165, 1.54) is 0 Å². The van der Waals surface area contributed by atoms with Gasteiger partial charge in [-0.25, -0.2) is 9.97 Å². The molecule has 0 aliphatic heterocycles. The van der Waals surface area contributed by atoms with Crippen molar-refractivity contribution in [2.24, 2.45) is 0 Å². The number of hydrogen-bond donors (Lipinski definition) is 1. The minimum atomic E-state index is 0.821. The molecule has 0 saturated heterocycles. The fourth-order valence-electron chi connectivity index (χ4n) is 2.60. The summed E-state index contributed by atoms with van der Waals surface area (Å²) < 4.78 is 0. The van der Waals surface area contributed by atoms with Crippen molar-refractivity contribution in [2.45, 2.75) is 41.0 Å². The van der Waals surface area contributed by atoms with E-state index in [0.717, 1.165) is 62.2 Å². The molecular weight excluding hydrogens is 262 g/mol. The lowest BCUT2D eigenvalue weighted by molar-refractivity contribution is 0.300. The SMILES string of the molecule is CCN(CC)CCCN(CC)c1nc(C)nc(NC)c1C. The molecule has 0 spiro atoms. The van der Waals surface area contributed by atoms with Gasteiger partial charge in [0.25, 0.3) is 0 Å². The zero-order chi connectivity index (χ0) is 15.8. The molecule has 0 aliphatic rings. The van der Waals surface area contributed by atoms with Gasteiger partial charge in [0.05, 0.1) is 0 Å². The highest BCUT2D eigenvalue weighted by Gasteiger charge is 2.14. The van der Waals surface area contributed by atoms with E-state index < -0.39 is 0 Å². The highest BCUT2D eigenvalue weighted by atomic mass is 15.2. The number of hydrogen-bond acceptors (Lipinski definition) is 5. The maximum absolute atomic E-state index is 4.65. The minimum Gasteiger partial charge on any atom is -0.373 e. The number of anilines is 2. The summed E-state index contributed by atoms with van der Waals surface area (Å²) in [5, 5.41) is 3.16. The van der Waals surface area contributed by atoms with Gasteiger partial charge in [-0.05, 0) is 46.8 Å². The summed E-state index contributed by atoms with van der Waals surface area (Å²) >= 11 is 0. The Hall–Kier alpha value is -1.36. The third kappa shape index (κ3) is 4.84. The van der Waals surface area contributed by atoms with E-state index in [1.54, 1.807) is 0 Å². The fourth-order valence-corrected chi connectivity index (χ4v) is 2.60. The Morgan fingerprint density at radius 2 is 1.62 bits per heavy atom. The first-order chi connectivity index (χ1) is 10.1. The lowest BCUT2D eigenvalue weighted by Crippen LogP contribution is -2.31. The summed E-state index contributed by atoms with van der Waals surface area (Å²) in [7, 11) is 1.91. The summed E-state index contributed by atoms with van der Waals surface area (Å²) in [6.07, 6.45) is 1.16. The molecular formula is C16H31N5. The smallest absolute Gasteiger partial charge is 0.137 e. The van der Waals surface area contributed by atoms with Crippen molar-refractivity contribution < 1.29 is 0 Å². The largest absolute Gasteiger partial charge is 0.373 e. The molecule has 5 nitrogen and oxygen atoms in total. The highest BCUT2D eigenvalue weighted by Crippen LogP contribution is 2.23. The highest BCUT2D eigenvalue weighted by molar-refractivity contribution is 5.58. The lowest BCUT2D eigenvalue weighted by Gasteiger charge is -2.26. The van der Waals surface area contributed by atoms with Crippen LogP contribution in [0.25, 0.3) is 0 Å². The minimum absolute atomic E-state index is 0.821. The second kappa shape index (κ2) is 8.82. The molecule has 0 saturated carbocycles. The van der Waals surface area contributed by atoms with Crippen LogP contribution in [-0.4, -0.2) is 54.6 Å². The monoisotopic (exact) mass is 293 g/mol. The van der Waals surface area contributed by atoms with Crippen molar-refractivity contribution in [3.8, 4) is 0 Å². The number of nitrogens with zero attached hydrogens (tertiary/aromatic N) is 4. The van der Waals surface area contributed by atoms with Crippen molar-refractivity contribution in [3.05, 3.63) is 11.4 Å². The van der Waals surface area contributed by atoms with E-state index in [0.29, 0.717) is 0 Å². The molecule has 5 heteroatoms.